The van der Waals surface area contributed by atoms with Gasteiger partial charge in [-0.3, -0.25) is 0 Å². The van der Waals surface area contributed by atoms with Gasteiger partial charge in [0.15, 0.2) is 36.7 Å². The van der Waals surface area contributed by atoms with Crippen LogP contribution in [0.15, 0.2) is 0 Å². The van der Waals surface area contributed by atoms with E-state index in [1.54, 1.807) is 28.1 Å². The zero-order valence-corrected chi connectivity index (χ0v) is 22.2. The second kappa shape index (κ2) is 10.2. The average Bonchev–Trinajstić information content (AvgIpc) is 3.50. The molecule has 5 saturated heterocycles. The smallest absolute Gasteiger partial charge is 0.187 e. The van der Waals surface area contributed by atoms with Crippen molar-refractivity contribution in [2.24, 2.45) is 0 Å². The Morgan fingerprint density at radius 3 is 1.31 bits per heavy atom. The zero-order chi connectivity index (χ0) is 25.8. The predicted octanol–water partition coefficient (Wildman–Crippen LogP) is 1.28. The molecule has 2 unspecified atom stereocenters. The summed E-state index contributed by atoms with van der Waals surface area (Å²) in [6.07, 6.45) is -6.46. The quantitative estimate of drug-likeness (QED) is 0.471. The number of hydrogen-bond donors (Lipinski definition) is 0. The first-order valence-electron chi connectivity index (χ1n) is 12.6. The maximum absolute atomic E-state index is 6.33. The molecule has 12 nitrogen and oxygen atoms in total. The van der Waals surface area contributed by atoms with Gasteiger partial charge in [0.25, 0.3) is 0 Å². The van der Waals surface area contributed by atoms with Crippen LogP contribution in [0.25, 0.3) is 0 Å². The van der Waals surface area contributed by atoms with Crippen molar-refractivity contribution >= 4 is 0 Å². The minimum atomic E-state index is -0.804. The largest absolute Gasteiger partial charge is 0.356 e. The number of rotatable bonds is 6. The summed E-state index contributed by atoms with van der Waals surface area (Å²) in [7, 11) is 3.15. The molecule has 5 aliphatic rings. The lowest BCUT2D eigenvalue weighted by atomic mass is 10.0. The number of ether oxygens (including phenoxy) is 12. The molecule has 208 valence electrons. The molecule has 5 aliphatic heterocycles. The fourth-order valence-corrected chi connectivity index (χ4v) is 5.46. The molecule has 0 spiro atoms. The van der Waals surface area contributed by atoms with Crippen molar-refractivity contribution in [3.8, 4) is 0 Å². The summed E-state index contributed by atoms with van der Waals surface area (Å²) in [6, 6.07) is 0. The third-order valence-electron chi connectivity index (χ3n) is 7.07. The van der Waals surface area contributed by atoms with Gasteiger partial charge in [-0.05, 0) is 41.5 Å². The highest BCUT2D eigenvalue weighted by Gasteiger charge is 2.61. The van der Waals surface area contributed by atoms with E-state index in [0.717, 1.165) is 0 Å². The standard InChI is InChI=1S/C24H40O12/c1-11(25-7)29-13-9-27-21-20-18(34-24(5,6)36-20)16(32-21)14(30-12(2)26-8)10-28-22-19-17(15(13)31-22)33-23(3,4)35-19/h11-22H,9-10H2,1-8H3/t11?,12?,13-,14-,15-,16-,17+,18+,19+,20+,21+,22+/m1/s1. The van der Waals surface area contributed by atoms with Crippen LogP contribution in [0.5, 0.6) is 0 Å². The third-order valence-corrected chi connectivity index (χ3v) is 7.07. The topological polar surface area (TPSA) is 111 Å². The molecule has 0 saturated carbocycles. The lowest BCUT2D eigenvalue weighted by Gasteiger charge is -2.34. The van der Waals surface area contributed by atoms with Gasteiger partial charge in [0.2, 0.25) is 0 Å². The fourth-order valence-electron chi connectivity index (χ4n) is 5.46. The molecule has 0 radical (unpaired) electrons. The van der Waals surface area contributed by atoms with Crippen LogP contribution in [0.2, 0.25) is 0 Å². The molecule has 0 aliphatic carbocycles. The van der Waals surface area contributed by atoms with Gasteiger partial charge in [-0.1, -0.05) is 0 Å². The summed E-state index contributed by atoms with van der Waals surface area (Å²) in [4.78, 5) is 0. The third kappa shape index (κ3) is 5.33. The second-order valence-electron chi connectivity index (χ2n) is 10.7. The second-order valence-corrected chi connectivity index (χ2v) is 10.7. The van der Waals surface area contributed by atoms with E-state index in [4.69, 9.17) is 56.8 Å². The Labute approximate surface area is 211 Å². The molecule has 0 aromatic heterocycles. The molecule has 0 aromatic carbocycles. The van der Waals surface area contributed by atoms with Crippen molar-refractivity contribution in [1.29, 1.82) is 0 Å². The molecule has 0 aromatic rings. The van der Waals surface area contributed by atoms with E-state index in [0.29, 0.717) is 0 Å². The van der Waals surface area contributed by atoms with Gasteiger partial charge in [0.1, 0.15) is 48.8 Å². The van der Waals surface area contributed by atoms with Crippen LogP contribution < -0.4 is 0 Å². The summed E-state index contributed by atoms with van der Waals surface area (Å²) in [5.74, 6) is -1.61. The first-order chi connectivity index (χ1) is 17.0. The molecular formula is C24H40O12. The van der Waals surface area contributed by atoms with Crippen molar-refractivity contribution in [1.82, 2.24) is 0 Å². The van der Waals surface area contributed by atoms with Crippen LogP contribution in [-0.4, -0.2) is 113 Å². The normalized spacial score (nSPS) is 47.0. The van der Waals surface area contributed by atoms with Crippen LogP contribution >= 0.6 is 0 Å². The Balaban J connectivity index is 1.45. The van der Waals surface area contributed by atoms with Crippen molar-refractivity contribution in [3.05, 3.63) is 0 Å². The highest BCUT2D eigenvalue weighted by Crippen LogP contribution is 2.44. The summed E-state index contributed by atoms with van der Waals surface area (Å²) < 4.78 is 73.1. The molecule has 12 heteroatoms. The SMILES string of the molecule is COC(C)O[C@@H]1CO[C@H]2O[C@@H]([C@@H]3OC(C)(C)O[C@H]23)[C@H](OC(C)OC)CO[C@H]2O[C@H]1[C@@H]1OC(C)(C)O[C@H]21. The van der Waals surface area contributed by atoms with Gasteiger partial charge in [-0.25, -0.2) is 0 Å². The average molecular weight is 521 g/mol. The van der Waals surface area contributed by atoms with Crippen molar-refractivity contribution in [2.75, 3.05) is 27.4 Å². The Morgan fingerprint density at radius 1 is 0.583 bits per heavy atom. The van der Waals surface area contributed by atoms with Gasteiger partial charge >= 0.3 is 0 Å². The summed E-state index contributed by atoms with van der Waals surface area (Å²) in [5.41, 5.74) is 0. The van der Waals surface area contributed by atoms with Crippen molar-refractivity contribution < 1.29 is 56.8 Å². The van der Waals surface area contributed by atoms with Gasteiger partial charge in [0.05, 0.1) is 13.2 Å². The van der Waals surface area contributed by atoms with Gasteiger partial charge in [0, 0.05) is 14.2 Å². The van der Waals surface area contributed by atoms with E-state index in [9.17, 15) is 0 Å². The number of fused-ring (bicyclic) bond motifs is 10. The first kappa shape index (κ1) is 27.1. The van der Waals surface area contributed by atoms with E-state index in [1.165, 1.54) is 0 Å². The van der Waals surface area contributed by atoms with Crippen LogP contribution in [0, 0.1) is 0 Å². The van der Waals surface area contributed by atoms with Crippen molar-refractivity contribution in [3.63, 3.8) is 0 Å². The van der Waals surface area contributed by atoms with Gasteiger partial charge < -0.3 is 56.8 Å². The monoisotopic (exact) mass is 520 g/mol. The fraction of sp³-hybridized carbons (Fsp3) is 1.00. The van der Waals surface area contributed by atoms with E-state index in [2.05, 4.69) is 0 Å². The predicted molar refractivity (Wildman–Crippen MR) is 120 cm³/mol. The lowest BCUT2D eigenvalue weighted by Crippen LogP contribution is -2.46. The van der Waals surface area contributed by atoms with Crippen molar-refractivity contribution in [2.45, 2.75) is 127 Å². The highest BCUT2D eigenvalue weighted by molar-refractivity contribution is 5.02. The Bertz CT molecular complexity index is 701. The van der Waals surface area contributed by atoms with Gasteiger partial charge in [-0.15, -0.1) is 0 Å². The number of hydrogen-bond acceptors (Lipinski definition) is 12. The Hall–Kier alpha value is -0.480. The molecule has 0 N–H and O–H groups in total. The molecule has 5 rings (SSSR count). The molecule has 12 atom stereocenters. The Kier molecular flexibility index (Phi) is 7.71. The zero-order valence-electron chi connectivity index (χ0n) is 22.2. The maximum atomic E-state index is 6.33. The minimum Gasteiger partial charge on any atom is -0.356 e. The lowest BCUT2D eigenvalue weighted by molar-refractivity contribution is -0.299. The molecule has 5 heterocycles. The van der Waals surface area contributed by atoms with E-state index in [1.807, 2.05) is 27.7 Å². The first-order valence-corrected chi connectivity index (χ1v) is 12.6. The van der Waals surface area contributed by atoms with Gasteiger partial charge in [-0.2, -0.15) is 0 Å². The highest BCUT2D eigenvalue weighted by atomic mass is 16.8. The summed E-state index contributed by atoms with van der Waals surface area (Å²) in [5, 5.41) is 0. The molecule has 4 bridgehead atoms. The maximum Gasteiger partial charge on any atom is 0.187 e. The summed E-state index contributed by atoms with van der Waals surface area (Å²) >= 11 is 0. The molecule has 36 heavy (non-hydrogen) atoms. The van der Waals surface area contributed by atoms with Crippen LogP contribution in [-0.2, 0) is 56.8 Å². The molecular weight excluding hydrogens is 480 g/mol. The minimum absolute atomic E-state index is 0.127. The molecule has 5 fully saturated rings. The van der Waals surface area contributed by atoms with Crippen LogP contribution in [0.3, 0.4) is 0 Å². The number of methoxy groups -OCH3 is 2. The molecule has 0 amide bonds. The summed E-state index contributed by atoms with van der Waals surface area (Å²) in [6.45, 7) is 11.3. The van der Waals surface area contributed by atoms with Crippen LogP contribution in [0.4, 0.5) is 0 Å². The Morgan fingerprint density at radius 2 is 0.944 bits per heavy atom. The van der Waals surface area contributed by atoms with Crippen LogP contribution in [0.1, 0.15) is 41.5 Å². The van der Waals surface area contributed by atoms with E-state index in [-0.39, 0.29) is 13.2 Å². The van der Waals surface area contributed by atoms with E-state index < -0.39 is 85.6 Å². The van der Waals surface area contributed by atoms with E-state index >= 15 is 0 Å².